The van der Waals surface area contributed by atoms with E-state index in [1.807, 2.05) is 4.98 Å². The Labute approximate surface area is 99.4 Å². The lowest BCUT2D eigenvalue weighted by atomic mass is 10.1. The number of hydrogen-bond donors (Lipinski definition) is 2. The van der Waals surface area contributed by atoms with Crippen LogP contribution in [-0.4, -0.2) is 17.2 Å². The lowest BCUT2D eigenvalue weighted by Crippen LogP contribution is -1.93. The molecule has 1 aromatic carbocycles. The zero-order chi connectivity index (χ0) is 12.6. The predicted molar refractivity (Wildman–Crippen MR) is 57.9 cm³/mol. The summed E-state index contributed by atoms with van der Waals surface area (Å²) in [5, 5.41) is 9.42. The number of hydrogen-bond acceptors (Lipinski definition) is 4. The van der Waals surface area contributed by atoms with Gasteiger partial charge in [0.25, 0.3) is 0 Å². The van der Waals surface area contributed by atoms with Gasteiger partial charge in [-0.15, -0.1) is 0 Å². The Hall–Kier alpha value is -1.95. The molecule has 0 aliphatic rings. The second kappa shape index (κ2) is 4.14. The minimum atomic E-state index is -0.861. The minimum absolute atomic E-state index is 0.00532. The van der Waals surface area contributed by atoms with Gasteiger partial charge in [0.15, 0.2) is 0 Å². The van der Waals surface area contributed by atoms with Crippen LogP contribution in [0, 0.1) is 5.82 Å². The van der Waals surface area contributed by atoms with Crippen LogP contribution in [0.4, 0.5) is 4.39 Å². The van der Waals surface area contributed by atoms with Crippen molar-refractivity contribution in [2.24, 2.45) is 0 Å². The molecule has 0 fully saturated rings. The molecule has 0 atom stereocenters. The Kier molecular flexibility index (Phi) is 2.81. The number of halogens is 2. The summed E-state index contributed by atoms with van der Waals surface area (Å²) in [5.41, 5.74) is 0.0494. The van der Waals surface area contributed by atoms with Crippen molar-refractivity contribution in [1.29, 1.82) is 0 Å². The molecular weight excluding hydrogens is 253 g/mol. The third kappa shape index (κ3) is 1.99. The number of nitrogens with one attached hydrogen (secondary N) is 1. The average molecular weight is 260 g/mol. The van der Waals surface area contributed by atoms with Gasteiger partial charge in [-0.1, -0.05) is 11.6 Å². The summed E-state index contributed by atoms with van der Waals surface area (Å²) in [6.45, 7) is 0. The Morgan fingerprint density at radius 3 is 2.76 bits per heavy atom. The second-order valence-electron chi connectivity index (χ2n) is 3.16. The molecule has 0 aliphatic carbocycles. The van der Waals surface area contributed by atoms with Crippen molar-refractivity contribution in [3.8, 4) is 23.0 Å². The normalized spacial score (nSPS) is 10.5. The first-order valence-corrected chi connectivity index (χ1v) is 4.86. The largest absolute Gasteiger partial charge is 0.494 e. The number of oxazole rings is 1. The zero-order valence-electron chi connectivity index (χ0n) is 8.58. The number of aromatic amines is 1. The van der Waals surface area contributed by atoms with Crippen LogP contribution in [0.15, 0.2) is 21.3 Å². The maximum Gasteiger partial charge on any atom is 0.419 e. The van der Waals surface area contributed by atoms with E-state index in [-0.39, 0.29) is 22.1 Å². The number of rotatable bonds is 2. The molecule has 1 heterocycles. The number of aromatic nitrogens is 1. The van der Waals surface area contributed by atoms with E-state index in [9.17, 15) is 14.3 Å². The van der Waals surface area contributed by atoms with Crippen molar-refractivity contribution in [1.82, 2.24) is 4.98 Å². The SMILES string of the molecule is COc1c(Cl)cc(F)cc1-c1oc(=O)[nH]c1O. The highest BCUT2D eigenvalue weighted by atomic mass is 35.5. The molecule has 1 aromatic heterocycles. The van der Waals surface area contributed by atoms with Gasteiger partial charge in [0.2, 0.25) is 11.6 Å². The van der Waals surface area contributed by atoms with Gasteiger partial charge < -0.3 is 14.3 Å². The molecule has 2 aromatic rings. The fraction of sp³-hybridized carbons (Fsp3) is 0.100. The number of benzene rings is 1. The van der Waals surface area contributed by atoms with E-state index in [2.05, 4.69) is 4.42 Å². The second-order valence-corrected chi connectivity index (χ2v) is 3.57. The highest BCUT2D eigenvalue weighted by molar-refractivity contribution is 6.32. The first kappa shape index (κ1) is 11.5. The van der Waals surface area contributed by atoms with E-state index < -0.39 is 17.5 Å². The number of H-pyrrole nitrogens is 1. The minimum Gasteiger partial charge on any atom is -0.494 e. The van der Waals surface area contributed by atoms with Crippen molar-refractivity contribution in [3.63, 3.8) is 0 Å². The van der Waals surface area contributed by atoms with Gasteiger partial charge in [-0.05, 0) is 12.1 Å². The topological polar surface area (TPSA) is 75.5 Å². The quantitative estimate of drug-likeness (QED) is 0.866. The Bertz CT molecular complexity index is 619. The van der Waals surface area contributed by atoms with E-state index in [4.69, 9.17) is 16.3 Å². The van der Waals surface area contributed by atoms with Crippen LogP contribution in [0.1, 0.15) is 0 Å². The molecular formula is C10H7ClFNO4. The van der Waals surface area contributed by atoms with Crippen LogP contribution in [0.25, 0.3) is 11.3 Å². The maximum atomic E-state index is 13.2. The molecule has 2 rings (SSSR count). The van der Waals surface area contributed by atoms with E-state index >= 15 is 0 Å². The van der Waals surface area contributed by atoms with E-state index in [0.29, 0.717) is 0 Å². The Balaban J connectivity index is 2.74. The molecule has 2 N–H and O–H groups in total. The molecule has 0 spiro atoms. The molecule has 0 amide bonds. The monoisotopic (exact) mass is 259 g/mol. The number of methoxy groups -OCH3 is 1. The first-order valence-electron chi connectivity index (χ1n) is 4.48. The molecule has 0 saturated carbocycles. The van der Waals surface area contributed by atoms with Gasteiger partial charge in [-0.25, -0.2) is 9.18 Å². The molecule has 17 heavy (non-hydrogen) atoms. The van der Waals surface area contributed by atoms with Crippen LogP contribution in [0.3, 0.4) is 0 Å². The highest BCUT2D eigenvalue weighted by Gasteiger charge is 2.19. The van der Waals surface area contributed by atoms with E-state index in [1.54, 1.807) is 0 Å². The third-order valence-electron chi connectivity index (χ3n) is 2.09. The van der Waals surface area contributed by atoms with Crippen LogP contribution < -0.4 is 10.5 Å². The van der Waals surface area contributed by atoms with Crippen LogP contribution in [0.2, 0.25) is 5.02 Å². The standard InChI is InChI=1S/C10H7ClFNO4/c1-16-7-5(2-4(12)3-6(7)11)8-9(14)13-10(15)17-8/h2-3,14H,1H3,(H,13,15). The third-order valence-corrected chi connectivity index (χ3v) is 2.37. The average Bonchev–Trinajstić information content (AvgIpc) is 2.56. The van der Waals surface area contributed by atoms with Gasteiger partial charge in [0.05, 0.1) is 17.7 Å². The fourth-order valence-electron chi connectivity index (χ4n) is 1.44. The zero-order valence-corrected chi connectivity index (χ0v) is 9.34. The first-order chi connectivity index (χ1) is 8.02. The molecule has 0 unspecified atom stereocenters. The van der Waals surface area contributed by atoms with Gasteiger partial charge in [0, 0.05) is 0 Å². The van der Waals surface area contributed by atoms with Gasteiger partial charge in [-0.2, -0.15) is 0 Å². The molecule has 0 aliphatic heterocycles. The van der Waals surface area contributed by atoms with E-state index in [0.717, 1.165) is 12.1 Å². The van der Waals surface area contributed by atoms with Crippen LogP contribution >= 0.6 is 11.6 Å². The summed E-state index contributed by atoms with van der Waals surface area (Å²) in [6.07, 6.45) is 0. The van der Waals surface area contributed by atoms with Crippen molar-refractivity contribution in [2.75, 3.05) is 7.11 Å². The number of aromatic hydroxyl groups is 1. The smallest absolute Gasteiger partial charge is 0.419 e. The lowest BCUT2D eigenvalue weighted by molar-refractivity contribution is 0.411. The Morgan fingerprint density at radius 2 is 2.24 bits per heavy atom. The van der Waals surface area contributed by atoms with Gasteiger partial charge in [0.1, 0.15) is 11.6 Å². The molecule has 7 heteroatoms. The maximum absolute atomic E-state index is 13.2. The molecule has 5 nitrogen and oxygen atoms in total. The summed E-state index contributed by atoms with van der Waals surface area (Å²) in [5.74, 6) is -2.15. The molecule has 0 radical (unpaired) electrons. The van der Waals surface area contributed by atoms with Crippen molar-refractivity contribution >= 4 is 11.6 Å². The molecule has 0 bridgehead atoms. The lowest BCUT2D eigenvalue weighted by Gasteiger charge is -2.08. The highest BCUT2D eigenvalue weighted by Crippen LogP contribution is 2.39. The Morgan fingerprint density at radius 1 is 1.53 bits per heavy atom. The van der Waals surface area contributed by atoms with Crippen molar-refractivity contribution in [3.05, 3.63) is 33.5 Å². The molecule has 90 valence electrons. The summed E-state index contributed by atoms with van der Waals surface area (Å²) in [6, 6.07) is 2.09. The van der Waals surface area contributed by atoms with Gasteiger partial charge in [-0.3, -0.25) is 4.98 Å². The van der Waals surface area contributed by atoms with Crippen LogP contribution in [-0.2, 0) is 0 Å². The summed E-state index contributed by atoms with van der Waals surface area (Å²) in [4.78, 5) is 12.9. The van der Waals surface area contributed by atoms with Crippen molar-refractivity contribution < 1.29 is 18.7 Å². The molecule has 0 saturated heterocycles. The van der Waals surface area contributed by atoms with E-state index in [1.165, 1.54) is 7.11 Å². The predicted octanol–water partition coefficient (Wildman–Crippen LogP) is 2.14. The summed E-state index contributed by atoms with van der Waals surface area (Å²) in [7, 11) is 1.32. The van der Waals surface area contributed by atoms with Gasteiger partial charge >= 0.3 is 5.76 Å². The summed E-state index contributed by atoms with van der Waals surface area (Å²) >= 11 is 5.77. The fourth-order valence-corrected chi connectivity index (χ4v) is 1.72. The van der Waals surface area contributed by atoms with Crippen molar-refractivity contribution in [2.45, 2.75) is 0 Å². The van der Waals surface area contributed by atoms with Crippen LogP contribution in [0.5, 0.6) is 11.6 Å². The number of ether oxygens (including phenoxy) is 1. The summed E-state index contributed by atoms with van der Waals surface area (Å²) < 4.78 is 22.9.